The summed E-state index contributed by atoms with van der Waals surface area (Å²) in [7, 11) is 0. The molecule has 2 aliphatic carbocycles. The van der Waals surface area contributed by atoms with Crippen molar-refractivity contribution in [1.29, 1.82) is 0 Å². The molecule has 0 unspecified atom stereocenters. The molecule has 8 heterocycles. The molecule has 1 N–H and O–H groups in total. The van der Waals surface area contributed by atoms with Crippen molar-refractivity contribution in [3.8, 4) is 0 Å². The Morgan fingerprint density at radius 3 is 1.74 bits per heavy atom. The van der Waals surface area contributed by atoms with Gasteiger partial charge in [-0.25, -0.2) is 19.9 Å². The fourth-order valence-corrected chi connectivity index (χ4v) is 10.3. The van der Waals surface area contributed by atoms with Crippen LogP contribution in [-0.4, -0.2) is 92.3 Å². The third-order valence-electron chi connectivity index (χ3n) is 12.4. The topological polar surface area (TPSA) is 154 Å². The zero-order chi connectivity index (χ0) is 45.0. The van der Waals surface area contributed by atoms with Crippen LogP contribution in [0.1, 0.15) is 63.7 Å². The minimum absolute atomic E-state index is 0.0218. The van der Waals surface area contributed by atoms with Crippen molar-refractivity contribution >= 4 is 83.0 Å². The highest BCUT2D eigenvalue weighted by Crippen LogP contribution is 2.47. The van der Waals surface area contributed by atoms with Gasteiger partial charge in [-0.2, -0.15) is 0 Å². The first-order valence-electron chi connectivity index (χ1n) is 21.5. The predicted octanol–water partition coefficient (Wildman–Crippen LogP) is 9.72. The number of hydrogen-bond acceptors (Lipinski definition) is 12. The summed E-state index contributed by atoms with van der Waals surface area (Å²) in [5, 5.41) is 16.0. The van der Waals surface area contributed by atoms with E-state index in [4.69, 9.17) is 46.9 Å². The van der Waals surface area contributed by atoms with Crippen molar-refractivity contribution in [3.05, 3.63) is 132 Å². The zero-order valence-corrected chi connectivity index (χ0v) is 39.1. The second-order valence-electron chi connectivity index (χ2n) is 17.6. The predicted molar refractivity (Wildman–Crippen MR) is 251 cm³/mol. The number of aliphatic hydroxyl groups excluding tert-OH is 1. The van der Waals surface area contributed by atoms with E-state index in [1.165, 1.54) is 23.6 Å². The molecule has 14 nitrogen and oxygen atoms in total. The number of pyridine rings is 2. The molecule has 8 atom stereocenters. The second kappa shape index (κ2) is 17.8. The van der Waals surface area contributed by atoms with E-state index in [1.54, 1.807) is 0 Å². The van der Waals surface area contributed by atoms with E-state index >= 15 is 0 Å². The number of aromatic nitrogens is 8. The molecule has 0 bridgehead atoms. The third kappa shape index (κ3) is 8.86. The van der Waals surface area contributed by atoms with Crippen LogP contribution in [0.4, 0.5) is 0 Å². The van der Waals surface area contributed by atoms with Gasteiger partial charge in [-0.1, -0.05) is 75.5 Å². The minimum atomic E-state index is -0.676. The lowest BCUT2D eigenvalue weighted by Crippen LogP contribution is -2.30. The van der Waals surface area contributed by atoms with Gasteiger partial charge in [0, 0.05) is 40.9 Å². The number of rotatable bonds is 6. The average Bonchev–Trinajstić information content (AvgIpc) is 4.16. The van der Waals surface area contributed by atoms with Crippen LogP contribution in [0.15, 0.2) is 110 Å². The number of alkyl halides is 1. The van der Waals surface area contributed by atoms with Gasteiger partial charge in [0.2, 0.25) is 0 Å². The molecule has 12 rings (SSSR count). The van der Waals surface area contributed by atoms with Crippen LogP contribution in [0.2, 0.25) is 10.3 Å². The summed E-state index contributed by atoms with van der Waals surface area (Å²) in [6.07, 6.45) is 10.3. The molecule has 0 amide bonds. The lowest BCUT2D eigenvalue weighted by molar-refractivity contribution is -0.171. The Balaban J connectivity index is 0.000000129. The number of halogens is 3. The molecule has 17 heteroatoms. The van der Waals surface area contributed by atoms with Gasteiger partial charge >= 0.3 is 0 Å². The zero-order valence-electron chi connectivity index (χ0n) is 36.0. The molecule has 65 heavy (non-hydrogen) atoms. The number of benzene rings is 2. The number of aliphatic hydroxyl groups is 1. The van der Waals surface area contributed by atoms with Crippen LogP contribution in [0.25, 0.3) is 43.9 Å². The maximum Gasteiger partial charge on any atom is 0.164 e. The van der Waals surface area contributed by atoms with Gasteiger partial charge in [-0.3, -0.25) is 9.97 Å². The SMILES string of the molecule is BrCc1ccc2cccnc2c1.CC1(C)O[C@@H]2[C@H](O1)[C@@H](O)C[C@H]2n1ccc2c(Cl)ncnc21.CC1(C)O[C@@H]2[C@H](O1)[C@@H](OCc1ccc3cccnc3c1)C[C@H]2n1ccc2c(Cl)ncnc21. The highest BCUT2D eigenvalue weighted by molar-refractivity contribution is 9.08. The molecule has 4 aliphatic rings. The smallest absolute Gasteiger partial charge is 0.164 e. The van der Waals surface area contributed by atoms with Gasteiger partial charge in [0.25, 0.3) is 0 Å². The standard InChI is InChI=1S/C24H23ClN4O3.C14H16ClN3O3.C10H8BrN/c1-24(2)31-20-18(29-9-7-16-22(25)27-13-28-23(16)29)11-19(21(20)32-24)30-12-14-5-6-15-4-3-8-26-17(15)10-14;1-14(2)20-10-8(5-9(19)11(10)21-14)18-4-3-7-12(15)16-6-17-13(7)18;11-7-8-3-4-9-2-1-5-12-10(9)6-8/h3-10,13,18-21H,11-12H2,1-2H3;3-4,6,8-11,19H,5H2,1-2H3;1-6H,7H2/t18-,19+,20+,21-;8-,9+,10+,11-;/m11./s1. The Bertz CT molecular complexity index is 3010. The summed E-state index contributed by atoms with van der Waals surface area (Å²) in [5.74, 6) is -1.34. The van der Waals surface area contributed by atoms with E-state index in [-0.39, 0.29) is 42.6 Å². The summed E-state index contributed by atoms with van der Waals surface area (Å²) in [6.45, 7) is 8.10. The molecule has 2 aromatic carbocycles. The summed E-state index contributed by atoms with van der Waals surface area (Å²) in [5.41, 5.74) is 5.92. The van der Waals surface area contributed by atoms with Gasteiger partial charge in [0.1, 0.15) is 58.7 Å². The van der Waals surface area contributed by atoms with Crippen LogP contribution in [-0.2, 0) is 35.6 Å². The van der Waals surface area contributed by atoms with E-state index in [1.807, 2.05) is 81.3 Å². The molecule has 0 spiro atoms. The van der Waals surface area contributed by atoms with E-state index in [0.29, 0.717) is 23.3 Å². The first kappa shape index (κ1) is 44.2. The number of fused-ring (bicyclic) bond motifs is 6. The van der Waals surface area contributed by atoms with Gasteiger partial charge in [-0.05, 0) is 88.1 Å². The van der Waals surface area contributed by atoms with Crippen LogP contribution in [0, 0.1) is 0 Å². The normalized spacial score (nSPS) is 26.2. The monoisotopic (exact) mass is 980 g/mol. The maximum absolute atomic E-state index is 10.3. The Morgan fingerprint density at radius 1 is 0.646 bits per heavy atom. The Labute approximate surface area is 393 Å². The van der Waals surface area contributed by atoms with E-state index in [9.17, 15) is 5.11 Å². The first-order valence-corrected chi connectivity index (χ1v) is 23.4. The van der Waals surface area contributed by atoms with E-state index in [0.717, 1.165) is 55.8 Å². The molecule has 2 saturated heterocycles. The largest absolute Gasteiger partial charge is 0.390 e. The van der Waals surface area contributed by atoms with Gasteiger partial charge in [-0.15, -0.1) is 0 Å². The van der Waals surface area contributed by atoms with Crippen LogP contribution >= 0.6 is 39.1 Å². The summed E-state index contributed by atoms with van der Waals surface area (Å²) >= 11 is 15.8. The average molecular weight is 983 g/mol. The van der Waals surface area contributed by atoms with Crippen molar-refractivity contribution in [2.24, 2.45) is 0 Å². The van der Waals surface area contributed by atoms with Gasteiger partial charge in [0.15, 0.2) is 11.6 Å². The first-order chi connectivity index (χ1) is 31.3. The van der Waals surface area contributed by atoms with Crippen LogP contribution in [0.3, 0.4) is 0 Å². The van der Waals surface area contributed by atoms with Gasteiger partial charge in [0.05, 0.1) is 52.7 Å². The van der Waals surface area contributed by atoms with Crippen LogP contribution in [0.5, 0.6) is 0 Å². The Morgan fingerprint density at radius 2 is 1.15 bits per heavy atom. The molecule has 0 radical (unpaired) electrons. The van der Waals surface area contributed by atoms with Crippen molar-refractivity contribution in [3.63, 3.8) is 0 Å². The lowest BCUT2D eigenvalue weighted by atomic mass is 10.1. The second-order valence-corrected chi connectivity index (χ2v) is 18.9. The van der Waals surface area contributed by atoms with E-state index < -0.39 is 17.7 Å². The number of ether oxygens (including phenoxy) is 5. The minimum Gasteiger partial charge on any atom is -0.390 e. The fraction of sp³-hybridized carbons (Fsp3) is 0.375. The summed E-state index contributed by atoms with van der Waals surface area (Å²) < 4.78 is 34.9. The quantitative estimate of drug-likeness (QED) is 0.125. The van der Waals surface area contributed by atoms with Crippen molar-refractivity contribution < 1.29 is 28.8 Å². The Kier molecular flexibility index (Phi) is 12.1. The lowest BCUT2D eigenvalue weighted by Gasteiger charge is -2.24. The maximum atomic E-state index is 10.3. The molecule has 6 aromatic heterocycles. The fourth-order valence-electron chi connectivity index (χ4n) is 9.56. The molecular weight excluding hydrogens is 935 g/mol. The highest BCUT2D eigenvalue weighted by Gasteiger charge is 2.56. The van der Waals surface area contributed by atoms with Crippen molar-refractivity contribution in [2.45, 2.75) is 113 Å². The number of nitrogens with zero attached hydrogens (tertiary/aromatic N) is 8. The Hall–Kier alpha value is -4.68. The molecule has 8 aromatic rings. The van der Waals surface area contributed by atoms with E-state index in [2.05, 4.69) is 98.9 Å². The summed E-state index contributed by atoms with van der Waals surface area (Å²) in [4.78, 5) is 25.6. The molecule has 4 fully saturated rings. The number of hydrogen-bond donors (Lipinski definition) is 1. The third-order valence-corrected chi connectivity index (χ3v) is 13.6. The summed E-state index contributed by atoms with van der Waals surface area (Å²) in [6, 6.07) is 24.4. The molecular formula is C48H47BrCl2N8O6. The van der Waals surface area contributed by atoms with Crippen molar-refractivity contribution in [1.82, 2.24) is 39.0 Å². The molecule has 2 aliphatic heterocycles. The van der Waals surface area contributed by atoms with Crippen molar-refractivity contribution in [2.75, 3.05) is 0 Å². The molecule has 2 saturated carbocycles. The highest BCUT2D eigenvalue weighted by atomic mass is 79.9. The van der Waals surface area contributed by atoms with Gasteiger partial charge < -0.3 is 37.9 Å². The van der Waals surface area contributed by atoms with Crippen LogP contribution < -0.4 is 0 Å². The molecule has 336 valence electrons.